The zero-order valence-corrected chi connectivity index (χ0v) is 14.6. The van der Waals surface area contributed by atoms with Crippen LogP contribution in [0.1, 0.15) is 31.4 Å². The van der Waals surface area contributed by atoms with E-state index in [2.05, 4.69) is 0 Å². The van der Waals surface area contributed by atoms with Gasteiger partial charge in [-0.1, -0.05) is 30.7 Å². The van der Waals surface area contributed by atoms with E-state index in [0.717, 1.165) is 17.7 Å². The molecule has 6 heteroatoms. The van der Waals surface area contributed by atoms with Gasteiger partial charge in [-0.15, -0.1) is 5.17 Å². The number of phenols is 1. The van der Waals surface area contributed by atoms with Crippen LogP contribution in [0.4, 0.5) is 5.69 Å². The second-order valence-electron chi connectivity index (χ2n) is 5.71. The minimum absolute atomic E-state index is 0.156. The molecule has 3 rings (SSSR count). The van der Waals surface area contributed by atoms with Crippen molar-refractivity contribution in [3.05, 3.63) is 71.4 Å². The molecule has 1 atom stereocenters. The average molecular weight is 359 g/mol. The molecule has 0 aliphatic carbocycles. The highest BCUT2D eigenvalue weighted by molar-refractivity contribution is 6.30. The summed E-state index contributed by atoms with van der Waals surface area (Å²) < 4.78 is 0. The van der Waals surface area contributed by atoms with Crippen molar-refractivity contribution in [3.63, 3.8) is 0 Å². The zero-order valence-electron chi connectivity index (χ0n) is 13.8. The molecule has 1 aliphatic heterocycles. The van der Waals surface area contributed by atoms with Gasteiger partial charge in [0.05, 0.1) is 17.9 Å². The minimum atomic E-state index is -0.298. The predicted octanol–water partition coefficient (Wildman–Crippen LogP) is 4.60. The molecule has 0 bridgehead atoms. The summed E-state index contributed by atoms with van der Waals surface area (Å²) >= 11 is 5.98. The molecule has 0 fully saturated rings. The van der Waals surface area contributed by atoms with Gasteiger partial charge in [0.2, 0.25) is 0 Å². The van der Waals surface area contributed by atoms with Crippen LogP contribution in [0, 0.1) is 0 Å². The van der Waals surface area contributed by atoms with Gasteiger partial charge in [0.1, 0.15) is 5.75 Å². The second kappa shape index (κ2) is 7.49. The third-order valence-electron chi connectivity index (χ3n) is 3.85. The van der Waals surface area contributed by atoms with Crippen LogP contribution in [-0.4, -0.2) is 16.2 Å². The van der Waals surface area contributed by atoms with Crippen molar-refractivity contribution in [2.75, 3.05) is 5.01 Å². The monoisotopic (exact) mass is 358 g/mol. The second-order valence-corrected chi connectivity index (χ2v) is 6.15. The predicted molar refractivity (Wildman–Crippen MR) is 96.8 cm³/mol. The van der Waals surface area contributed by atoms with Crippen LogP contribution in [-0.2, 0) is 9.63 Å². The van der Waals surface area contributed by atoms with Crippen LogP contribution >= 0.6 is 11.6 Å². The average Bonchev–Trinajstić information content (AvgIpc) is 3.00. The highest BCUT2D eigenvalue weighted by atomic mass is 35.5. The molecule has 0 amide bonds. The lowest BCUT2D eigenvalue weighted by Gasteiger charge is -2.33. The third kappa shape index (κ3) is 3.88. The first kappa shape index (κ1) is 17.2. The van der Waals surface area contributed by atoms with Gasteiger partial charge in [-0.25, -0.2) is 9.80 Å². The summed E-state index contributed by atoms with van der Waals surface area (Å²) in [6.07, 6.45) is 4.73. The van der Waals surface area contributed by atoms with Crippen molar-refractivity contribution in [1.29, 1.82) is 0 Å². The summed E-state index contributed by atoms with van der Waals surface area (Å²) in [6.45, 7) is 1.93. The molecule has 1 N–H and O–H groups in total. The quantitative estimate of drug-likeness (QED) is 0.846. The maximum atomic E-state index is 11.9. The van der Waals surface area contributed by atoms with Crippen molar-refractivity contribution < 1.29 is 14.7 Å². The Labute approximate surface area is 151 Å². The van der Waals surface area contributed by atoms with Crippen molar-refractivity contribution >= 4 is 23.3 Å². The van der Waals surface area contributed by atoms with Crippen LogP contribution in [0.25, 0.3) is 0 Å². The first-order chi connectivity index (χ1) is 12.1. The number of halogens is 1. The Kier molecular flexibility index (Phi) is 5.14. The Morgan fingerprint density at radius 1 is 1.16 bits per heavy atom. The third-order valence-corrected chi connectivity index (χ3v) is 4.10. The van der Waals surface area contributed by atoms with Crippen molar-refractivity contribution in [2.45, 2.75) is 25.8 Å². The number of rotatable bonds is 5. The number of hydrogen-bond acceptors (Lipinski definition) is 5. The van der Waals surface area contributed by atoms with E-state index >= 15 is 0 Å². The molecule has 1 unspecified atom stereocenters. The molecule has 0 saturated carbocycles. The molecule has 0 aromatic heterocycles. The van der Waals surface area contributed by atoms with Crippen LogP contribution in [0.3, 0.4) is 0 Å². The molecule has 25 heavy (non-hydrogen) atoms. The van der Waals surface area contributed by atoms with E-state index in [-0.39, 0.29) is 17.8 Å². The number of nitrogens with zero attached hydrogens (tertiary/aromatic N) is 2. The number of carbonyl (C=O) groups excluding carboxylic acids is 1. The van der Waals surface area contributed by atoms with Crippen molar-refractivity contribution in [3.8, 4) is 5.75 Å². The van der Waals surface area contributed by atoms with E-state index < -0.39 is 0 Å². The Hall–Kier alpha value is -2.66. The number of hydroxylamine groups is 1. The maximum Gasteiger partial charge on any atom is 0.334 e. The Morgan fingerprint density at radius 2 is 1.84 bits per heavy atom. The highest BCUT2D eigenvalue weighted by Gasteiger charge is 2.30. The van der Waals surface area contributed by atoms with Gasteiger partial charge in [-0.2, -0.15) is 0 Å². The molecule has 130 valence electrons. The fourth-order valence-corrected chi connectivity index (χ4v) is 2.78. The highest BCUT2D eigenvalue weighted by Crippen LogP contribution is 2.36. The lowest BCUT2D eigenvalue weighted by Crippen LogP contribution is -2.38. The van der Waals surface area contributed by atoms with Crippen LogP contribution in [0.15, 0.2) is 60.8 Å². The number of hydrazine groups is 1. The van der Waals surface area contributed by atoms with Gasteiger partial charge in [-0.05, 0) is 54.5 Å². The standard InChI is InChI=1S/C19H19ClN2O3/c1-2-3-19(24)25-21-13-12-18(14-4-6-15(20)7-5-14)22(21)16-8-10-17(23)11-9-16/h4-13,18,23H,2-3H2,1H3. The summed E-state index contributed by atoms with van der Waals surface area (Å²) in [5.74, 6) is -0.124. The molecule has 2 aromatic rings. The summed E-state index contributed by atoms with van der Waals surface area (Å²) in [4.78, 5) is 17.4. The van der Waals surface area contributed by atoms with Crippen LogP contribution in [0.5, 0.6) is 5.75 Å². The van der Waals surface area contributed by atoms with E-state index in [1.165, 1.54) is 5.17 Å². The molecule has 0 radical (unpaired) electrons. The first-order valence-corrected chi connectivity index (χ1v) is 8.48. The Balaban J connectivity index is 1.91. The topological polar surface area (TPSA) is 53.0 Å². The fourth-order valence-electron chi connectivity index (χ4n) is 2.65. The van der Waals surface area contributed by atoms with Gasteiger partial charge in [0.15, 0.2) is 0 Å². The fraction of sp³-hybridized carbons (Fsp3) is 0.211. The molecule has 1 aliphatic rings. The van der Waals surface area contributed by atoms with Gasteiger partial charge in [0, 0.05) is 11.4 Å². The van der Waals surface area contributed by atoms with Crippen molar-refractivity contribution in [1.82, 2.24) is 5.17 Å². The molecule has 1 heterocycles. The molecular formula is C19H19ClN2O3. The van der Waals surface area contributed by atoms with E-state index in [1.807, 2.05) is 42.3 Å². The number of anilines is 1. The van der Waals surface area contributed by atoms with Crippen LogP contribution in [0.2, 0.25) is 5.02 Å². The molecule has 5 nitrogen and oxygen atoms in total. The molecule has 2 aromatic carbocycles. The maximum absolute atomic E-state index is 11.9. The number of aromatic hydroxyl groups is 1. The van der Waals surface area contributed by atoms with E-state index in [9.17, 15) is 9.90 Å². The van der Waals surface area contributed by atoms with E-state index in [1.54, 1.807) is 30.5 Å². The zero-order chi connectivity index (χ0) is 17.8. The number of carbonyl (C=O) groups is 1. The normalized spacial score (nSPS) is 16.3. The Bertz CT molecular complexity index is 759. The smallest absolute Gasteiger partial charge is 0.334 e. The summed E-state index contributed by atoms with van der Waals surface area (Å²) in [7, 11) is 0. The molecule has 0 saturated heterocycles. The lowest BCUT2D eigenvalue weighted by atomic mass is 10.1. The minimum Gasteiger partial charge on any atom is -0.508 e. The molecule has 0 spiro atoms. The largest absolute Gasteiger partial charge is 0.508 e. The number of phenolic OH excluding ortho intramolecular Hbond substituents is 1. The molecular weight excluding hydrogens is 340 g/mol. The van der Waals surface area contributed by atoms with Gasteiger partial charge >= 0.3 is 5.97 Å². The summed E-state index contributed by atoms with van der Waals surface area (Å²) in [5.41, 5.74) is 1.79. The van der Waals surface area contributed by atoms with Gasteiger partial charge in [0.25, 0.3) is 0 Å². The first-order valence-electron chi connectivity index (χ1n) is 8.10. The SMILES string of the molecule is CCCC(=O)ON1C=CC(c2ccc(Cl)cc2)N1c1ccc(O)cc1. The van der Waals surface area contributed by atoms with Gasteiger partial charge < -0.3 is 9.94 Å². The van der Waals surface area contributed by atoms with E-state index in [4.69, 9.17) is 16.4 Å². The number of benzene rings is 2. The van der Waals surface area contributed by atoms with Gasteiger partial charge in [-0.3, -0.25) is 0 Å². The Morgan fingerprint density at radius 3 is 2.48 bits per heavy atom. The lowest BCUT2D eigenvalue weighted by molar-refractivity contribution is -0.180. The van der Waals surface area contributed by atoms with Crippen molar-refractivity contribution in [2.24, 2.45) is 0 Å². The number of hydrogen-bond donors (Lipinski definition) is 1. The summed E-state index contributed by atoms with van der Waals surface area (Å²) in [6, 6.07) is 14.1. The van der Waals surface area contributed by atoms with Crippen LogP contribution < -0.4 is 5.01 Å². The summed E-state index contributed by atoms with van der Waals surface area (Å²) in [5, 5.41) is 13.5. The van der Waals surface area contributed by atoms with E-state index in [0.29, 0.717) is 11.4 Å².